The first-order valence-corrected chi connectivity index (χ1v) is 8.54. The van der Waals surface area contributed by atoms with Crippen LogP contribution < -0.4 is 0 Å². The number of amides is 3. The topological polar surface area (TPSA) is 104 Å². The lowest BCUT2D eigenvalue weighted by Crippen LogP contribution is -2.70. The van der Waals surface area contributed by atoms with Gasteiger partial charge in [-0.3, -0.25) is 24.2 Å². The van der Waals surface area contributed by atoms with Crippen LogP contribution in [0.5, 0.6) is 0 Å². The fraction of sp³-hybridized carbons (Fsp3) is 0.294. The third-order valence-corrected chi connectivity index (χ3v) is 5.00. The SMILES string of the molecule is COC(=O)C(=C(C)C)N1C(=O)[C@@H](N2C(=O)c3ccccc3C2=O)[C@H]1SO. The number of hydrogen-bond donors (Lipinski definition) is 1. The highest BCUT2D eigenvalue weighted by Crippen LogP contribution is 2.39. The molecule has 2 aliphatic rings. The molecule has 9 heteroatoms. The fourth-order valence-corrected chi connectivity index (χ4v) is 3.79. The van der Waals surface area contributed by atoms with Gasteiger partial charge >= 0.3 is 5.97 Å². The molecule has 0 aliphatic carbocycles. The predicted octanol–water partition coefficient (Wildman–Crippen LogP) is 1.49. The minimum absolute atomic E-state index is 0.0168. The summed E-state index contributed by atoms with van der Waals surface area (Å²) in [5.41, 5.74) is 0.906. The molecule has 0 radical (unpaired) electrons. The molecule has 0 bridgehead atoms. The summed E-state index contributed by atoms with van der Waals surface area (Å²) in [5.74, 6) is -2.56. The Hall–Kier alpha value is -2.65. The van der Waals surface area contributed by atoms with E-state index in [0.717, 1.165) is 9.80 Å². The largest absolute Gasteiger partial charge is 0.464 e. The minimum atomic E-state index is -1.20. The average molecular weight is 376 g/mol. The highest BCUT2D eigenvalue weighted by molar-refractivity contribution is 7.94. The van der Waals surface area contributed by atoms with Gasteiger partial charge in [-0.2, -0.15) is 0 Å². The third kappa shape index (κ3) is 2.43. The Morgan fingerprint density at radius 1 is 1.12 bits per heavy atom. The molecular weight excluding hydrogens is 360 g/mol. The molecule has 1 saturated heterocycles. The second kappa shape index (κ2) is 6.58. The molecule has 1 aromatic carbocycles. The summed E-state index contributed by atoms with van der Waals surface area (Å²) in [7, 11) is 1.18. The number of carbonyl (C=O) groups is 4. The lowest BCUT2D eigenvalue weighted by Gasteiger charge is -2.48. The van der Waals surface area contributed by atoms with Crippen LogP contribution in [0.25, 0.3) is 0 Å². The number of likely N-dealkylation sites (tertiary alicyclic amines) is 1. The Morgan fingerprint density at radius 3 is 2.08 bits per heavy atom. The second-order valence-corrected chi connectivity index (χ2v) is 6.71. The van der Waals surface area contributed by atoms with Crippen LogP contribution in [0.2, 0.25) is 0 Å². The summed E-state index contributed by atoms with van der Waals surface area (Å²) < 4.78 is 14.4. The molecule has 2 aliphatic heterocycles. The van der Waals surface area contributed by atoms with E-state index in [1.807, 2.05) is 0 Å². The molecule has 2 atom stereocenters. The van der Waals surface area contributed by atoms with Gasteiger partial charge in [-0.25, -0.2) is 4.79 Å². The fourth-order valence-electron chi connectivity index (χ4n) is 3.13. The number of rotatable bonds is 4. The number of benzene rings is 1. The Morgan fingerprint density at radius 2 is 1.65 bits per heavy atom. The molecule has 8 nitrogen and oxygen atoms in total. The summed E-state index contributed by atoms with van der Waals surface area (Å²) in [5, 5.41) is -0.992. The van der Waals surface area contributed by atoms with Crippen molar-refractivity contribution < 1.29 is 28.5 Å². The predicted molar refractivity (Wildman–Crippen MR) is 92.0 cm³/mol. The lowest BCUT2D eigenvalue weighted by molar-refractivity contribution is -0.152. The number of hydrogen-bond acceptors (Lipinski definition) is 7. The Bertz CT molecular complexity index is 826. The van der Waals surface area contributed by atoms with E-state index in [1.165, 1.54) is 19.2 Å². The van der Waals surface area contributed by atoms with Gasteiger partial charge in [0.15, 0.2) is 6.04 Å². The van der Waals surface area contributed by atoms with E-state index in [-0.39, 0.29) is 16.8 Å². The molecular formula is C17H16N2O6S. The van der Waals surface area contributed by atoms with Crippen molar-refractivity contribution in [3.63, 3.8) is 0 Å². The number of fused-ring (bicyclic) bond motifs is 1. The van der Waals surface area contributed by atoms with Crippen LogP contribution >= 0.6 is 12.0 Å². The summed E-state index contributed by atoms with van der Waals surface area (Å²) in [4.78, 5) is 51.8. The van der Waals surface area contributed by atoms with Gasteiger partial charge in [0.1, 0.15) is 11.1 Å². The molecule has 0 aromatic heterocycles. The number of nitrogens with zero attached hydrogens (tertiary/aromatic N) is 2. The maximum absolute atomic E-state index is 12.7. The van der Waals surface area contributed by atoms with Crippen LogP contribution in [-0.2, 0) is 14.3 Å². The van der Waals surface area contributed by atoms with Crippen LogP contribution in [0.4, 0.5) is 0 Å². The van der Waals surface area contributed by atoms with Gasteiger partial charge in [0.2, 0.25) is 0 Å². The van der Waals surface area contributed by atoms with Gasteiger partial charge in [-0.1, -0.05) is 12.1 Å². The first-order valence-electron chi connectivity index (χ1n) is 7.71. The van der Waals surface area contributed by atoms with Crippen LogP contribution in [0.1, 0.15) is 34.6 Å². The quantitative estimate of drug-likeness (QED) is 0.279. The standard InChI is InChI=1S/C17H16N2O6S/c1-8(2)11(17(23)25-3)19-15(22)12(16(19)26-24)18-13(20)9-6-4-5-7-10(9)14(18)21/h4-7,12,16,24H,1-3H3/t12-,16-/m1/s1. The Labute approximate surface area is 153 Å². The van der Waals surface area contributed by atoms with Gasteiger partial charge in [0.25, 0.3) is 17.7 Å². The normalized spacial score (nSPS) is 21.5. The molecule has 1 aromatic rings. The number of β-lactam (4-membered cyclic amide) rings is 1. The highest BCUT2D eigenvalue weighted by atomic mass is 32.2. The van der Waals surface area contributed by atoms with Crippen molar-refractivity contribution in [3.8, 4) is 0 Å². The molecule has 3 rings (SSSR count). The van der Waals surface area contributed by atoms with E-state index < -0.39 is 35.1 Å². The molecule has 136 valence electrons. The number of allylic oxidation sites excluding steroid dienone is 1. The number of ether oxygens (including phenoxy) is 1. The van der Waals surface area contributed by atoms with Crippen LogP contribution in [0, 0.1) is 0 Å². The molecule has 0 unspecified atom stereocenters. The zero-order valence-electron chi connectivity index (χ0n) is 14.3. The van der Waals surface area contributed by atoms with E-state index >= 15 is 0 Å². The van der Waals surface area contributed by atoms with E-state index in [0.29, 0.717) is 17.6 Å². The van der Waals surface area contributed by atoms with E-state index in [9.17, 15) is 23.7 Å². The van der Waals surface area contributed by atoms with Crippen LogP contribution in [0.15, 0.2) is 35.5 Å². The van der Waals surface area contributed by atoms with E-state index in [4.69, 9.17) is 4.74 Å². The first kappa shape index (κ1) is 18.2. The lowest BCUT2D eigenvalue weighted by atomic mass is 10.0. The molecule has 3 amide bonds. The van der Waals surface area contributed by atoms with Crippen molar-refractivity contribution in [3.05, 3.63) is 46.7 Å². The Balaban J connectivity index is 1.96. The molecule has 0 spiro atoms. The molecule has 1 fully saturated rings. The van der Waals surface area contributed by atoms with Crippen molar-refractivity contribution in [2.24, 2.45) is 0 Å². The van der Waals surface area contributed by atoms with E-state index in [2.05, 4.69) is 0 Å². The number of carbonyl (C=O) groups excluding carboxylic acids is 4. The molecule has 2 heterocycles. The number of imide groups is 1. The first-order chi connectivity index (χ1) is 12.3. The smallest absolute Gasteiger partial charge is 0.354 e. The highest BCUT2D eigenvalue weighted by Gasteiger charge is 2.58. The van der Waals surface area contributed by atoms with Gasteiger partial charge in [0, 0.05) is 12.0 Å². The van der Waals surface area contributed by atoms with Crippen molar-refractivity contribution in [1.82, 2.24) is 9.80 Å². The molecule has 1 N–H and O–H groups in total. The number of methoxy groups -OCH3 is 1. The van der Waals surface area contributed by atoms with Gasteiger partial charge in [0.05, 0.1) is 18.2 Å². The van der Waals surface area contributed by atoms with Crippen molar-refractivity contribution in [2.75, 3.05) is 7.11 Å². The number of esters is 1. The summed E-state index contributed by atoms with van der Waals surface area (Å²) in [6.07, 6.45) is 0. The summed E-state index contributed by atoms with van der Waals surface area (Å²) in [6.45, 7) is 3.24. The van der Waals surface area contributed by atoms with Crippen molar-refractivity contribution >= 4 is 35.7 Å². The zero-order valence-corrected chi connectivity index (χ0v) is 15.1. The molecule has 0 saturated carbocycles. The summed E-state index contributed by atoms with van der Waals surface area (Å²) in [6, 6.07) is 5.07. The van der Waals surface area contributed by atoms with Crippen molar-refractivity contribution in [2.45, 2.75) is 25.3 Å². The third-order valence-electron chi connectivity index (χ3n) is 4.32. The zero-order chi connectivity index (χ0) is 19.2. The maximum atomic E-state index is 12.7. The van der Waals surface area contributed by atoms with Crippen molar-refractivity contribution in [1.29, 1.82) is 0 Å². The van der Waals surface area contributed by atoms with Crippen LogP contribution in [-0.4, -0.2) is 56.6 Å². The van der Waals surface area contributed by atoms with Gasteiger partial charge in [-0.05, 0) is 31.6 Å². The second-order valence-electron chi connectivity index (χ2n) is 6.02. The van der Waals surface area contributed by atoms with Crippen LogP contribution in [0.3, 0.4) is 0 Å². The molecule has 26 heavy (non-hydrogen) atoms. The summed E-state index contributed by atoms with van der Waals surface area (Å²) >= 11 is 0.292. The monoisotopic (exact) mass is 376 g/mol. The van der Waals surface area contributed by atoms with E-state index in [1.54, 1.807) is 26.0 Å². The average Bonchev–Trinajstić information content (AvgIpc) is 2.87. The maximum Gasteiger partial charge on any atom is 0.354 e. The van der Waals surface area contributed by atoms with Gasteiger partial charge < -0.3 is 9.29 Å². The Kier molecular flexibility index (Phi) is 4.59. The van der Waals surface area contributed by atoms with Gasteiger partial charge in [-0.15, -0.1) is 0 Å². The minimum Gasteiger partial charge on any atom is -0.464 e.